The first-order valence-electron chi connectivity index (χ1n) is 8.93. The lowest BCUT2D eigenvalue weighted by Crippen LogP contribution is -2.40. The second-order valence-corrected chi connectivity index (χ2v) is 7.51. The molecule has 1 saturated heterocycles. The fourth-order valence-electron chi connectivity index (χ4n) is 3.46. The molecule has 1 atom stereocenters. The molecule has 1 unspecified atom stereocenters. The summed E-state index contributed by atoms with van der Waals surface area (Å²) < 4.78 is 1.93. The van der Waals surface area contributed by atoms with E-state index in [1.807, 2.05) is 42.1 Å². The van der Waals surface area contributed by atoms with Crippen molar-refractivity contribution in [2.24, 2.45) is 0 Å². The number of carbonyl (C=O) groups excluding carboxylic acids is 1. The first-order valence-corrected chi connectivity index (χ1v) is 9.74. The molecule has 0 spiro atoms. The Kier molecular flexibility index (Phi) is 4.75. The van der Waals surface area contributed by atoms with Crippen LogP contribution in [0.5, 0.6) is 0 Å². The van der Waals surface area contributed by atoms with E-state index in [0.29, 0.717) is 17.5 Å². The topological polar surface area (TPSA) is 50.2 Å². The molecule has 3 aromatic rings. The standard InChI is InChI=1S/C20H22N4OS/c1-15-18(26-20(22-15)23-11-5-6-12-23)19(25)21-14-17-10-7-13-24(17)16-8-3-2-4-9-16/h2-6,8-9,11-12,17H,7,10,13-14H2,1H3,(H,21,25). The van der Waals surface area contributed by atoms with Gasteiger partial charge in [0.15, 0.2) is 5.13 Å². The maximum absolute atomic E-state index is 12.7. The minimum absolute atomic E-state index is 0.0293. The highest BCUT2D eigenvalue weighted by Gasteiger charge is 2.26. The van der Waals surface area contributed by atoms with E-state index in [-0.39, 0.29) is 5.91 Å². The van der Waals surface area contributed by atoms with Gasteiger partial charge in [-0.05, 0) is 44.0 Å². The molecule has 6 heteroatoms. The summed E-state index contributed by atoms with van der Waals surface area (Å²) in [5, 5.41) is 3.94. The van der Waals surface area contributed by atoms with Crippen molar-refractivity contribution in [2.75, 3.05) is 18.0 Å². The van der Waals surface area contributed by atoms with E-state index in [9.17, 15) is 4.79 Å². The molecule has 1 aromatic carbocycles. The summed E-state index contributed by atoms with van der Waals surface area (Å²) in [5.41, 5.74) is 2.01. The van der Waals surface area contributed by atoms with Crippen LogP contribution in [0.15, 0.2) is 54.9 Å². The normalized spacial score (nSPS) is 16.8. The molecular formula is C20H22N4OS. The number of benzene rings is 1. The number of nitrogens with zero attached hydrogens (tertiary/aromatic N) is 3. The first-order chi connectivity index (χ1) is 12.7. The molecule has 1 fully saturated rings. The summed E-state index contributed by atoms with van der Waals surface area (Å²) in [6, 6.07) is 14.7. The number of hydrogen-bond acceptors (Lipinski definition) is 4. The van der Waals surface area contributed by atoms with Crippen LogP contribution >= 0.6 is 11.3 Å². The van der Waals surface area contributed by atoms with Crippen LogP contribution in [0.2, 0.25) is 0 Å². The number of nitrogens with one attached hydrogen (secondary N) is 1. The Bertz CT molecular complexity index is 873. The van der Waals surface area contributed by atoms with Gasteiger partial charge < -0.3 is 14.8 Å². The molecule has 0 aliphatic carbocycles. The smallest absolute Gasteiger partial charge is 0.263 e. The maximum atomic E-state index is 12.7. The molecule has 26 heavy (non-hydrogen) atoms. The van der Waals surface area contributed by atoms with Crippen LogP contribution in [0.25, 0.3) is 5.13 Å². The second kappa shape index (κ2) is 7.33. The van der Waals surface area contributed by atoms with Gasteiger partial charge in [-0.25, -0.2) is 4.98 Å². The number of anilines is 1. The van der Waals surface area contributed by atoms with Crippen LogP contribution in [0, 0.1) is 6.92 Å². The van der Waals surface area contributed by atoms with Crippen LogP contribution in [0.1, 0.15) is 28.2 Å². The van der Waals surface area contributed by atoms with Crippen LogP contribution in [-0.2, 0) is 0 Å². The number of carbonyl (C=O) groups is 1. The van der Waals surface area contributed by atoms with Gasteiger partial charge in [0, 0.05) is 37.2 Å². The van der Waals surface area contributed by atoms with E-state index in [0.717, 1.165) is 30.2 Å². The van der Waals surface area contributed by atoms with Gasteiger partial charge in [0.1, 0.15) is 4.88 Å². The third kappa shape index (κ3) is 3.37. The number of rotatable bonds is 5. The monoisotopic (exact) mass is 366 g/mol. The fraction of sp³-hybridized carbons (Fsp3) is 0.300. The molecule has 134 valence electrons. The number of aryl methyl sites for hydroxylation is 1. The lowest BCUT2D eigenvalue weighted by molar-refractivity contribution is 0.0954. The van der Waals surface area contributed by atoms with Gasteiger partial charge in [0.05, 0.1) is 5.69 Å². The number of para-hydroxylation sites is 1. The van der Waals surface area contributed by atoms with Gasteiger partial charge in [-0.15, -0.1) is 0 Å². The molecule has 1 amide bonds. The van der Waals surface area contributed by atoms with Gasteiger partial charge in [0.25, 0.3) is 5.91 Å². The van der Waals surface area contributed by atoms with E-state index in [2.05, 4.69) is 39.5 Å². The summed E-state index contributed by atoms with van der Waals surface area (Å²) in [6.45, 7) is 3.59. The van der Waals surface area contributed by atoms with Gasteiger partial charge in [-0.1, -0.05) is 29.5 Å². The van der Waals surface area contributed by atoms with Crippen molar-refractivity contribution >= 4 is 22.9 Å². The van der Waals surface area contributed by atoms with Crippen molar-refractivity contribution in [1.29, 1.82) is 0 Å². The van der Waals surface area contributed by atoms with Crippen molar-refractivity contribution in [3.63, 3.8) is 0 Å². The largest absolute Gasteiger partial charge is 0.367 e. The minimum atomic E-state index is -0.0293. The summed E-state index contributed by atoms with van der Waals surface area (Å²) in [6.07, 6.45) is 6.14. The molecule has 5 nitrogen and oxygen atoms in total. The highest BCUT2D eigenvalue weighted by Crippen LogP contribution is 2.25. The zero-order valence-corrected chi connectivity index (χ0v) is 15.6. The summed E-state index contributed by atoms with van der Waals surface area (Å²) >= 11 is 1.43. The van der Waals surface area contributed by atoms with E-state index in [1.54, 1.807) is 0 Å². The number of amides is 1. The SMILES string of the molecule is Cc1nc(-n2cccc2)sc1C(=O)NCC1CCCN1c1ccccc1. The Morgan fingerprint density at radius 3 is 2.77 bits per heavy atom. The van der Waals surface area contributed by atoms with Crippen molar-refractivity contribution < 1.29 is 4.79 Å². The molecule has 1 N–H and O–H groups in total. The lowest BCUT2D eigenvalue weighted by atomic mass is 10.2. The minimum Gasteiger partial charge on any atom is -0.367 e. The summed E-state index contributed by atoms with van der Waals surface area (Å²) in [5.74, 6) is -0.0293. The van der Waals surface area contributed by atoms with Crippen LogP contribution in [0.4, 0.5) is 5.69 Å². The molecule has 0 saturated carbocycles. The van der Waals surface area contributed by atoms with Gasteiger partial charge >= 0.3 is 0 Å². The fourth-order valence-corrected chi connectivity index (χ4v) is 4.41. The summed E-state index contributed by atoms with van der Waals surface area (Å²) in [7, 11) is 0. The highest BCUT2D eigenvalue weighted by molar-refractivity contribution is 7.16. The lowest BCUT2D eigenvalue weighted by Gasteiger charge is -2.27. The molecule has 1 aliphatic rings. The van der Waals surface area contributed by atoms with E-state index < -0.39 is 0 Å². The quantitative estimate of drug-likeness (QED) is 0.750. The van der Waals surface area contributed by atoms with Gasteiger partial charge in [0.2, 0.25) is 0 Å². The predicted molar refractivity (Wildman–Crippen MR) is 105 cm³/mol. The zero-order valence-electron chi connectivity index (χ0n) is 14.8. The maximum Gasteiger partial charge on any atom is 0.263 e. The predicted octanol–water partition coefficient (Wildman–Crippen LogP) is 3.64. The molecule has 0 bridgehead atoms. The van der Waals surface area contributed by atoms with E-state index in [1.165, 1.54) is 17.0 Å². The molecule has 4 rings (SSSR count). The Balaban J connectivity index is 1.42. The number of aromatic nitrogens is 2. The average Bonchev–Trinajstić information content (AvgIpc) is 3.40. The average molecular weight is 366 g/mol. The van der Waals surface area contributed by atoms with E-state index >= 15 is 0 Å². The summed E-state index contributed by atoms with van der Waals surface area (Å²) in [4.78, 5) is 20.3. The van der Waals surface area contributed by atoms with Gasteiger partial charge in [-0.2, -0.15) is 0 Å². The molecule has 3 heterocycles. The molecule has 0 radical (unpaired) electrons. The first kappa shape index (κ1) is 16.8. The highest BCUT2D eigenvalue weighted by atomic mass is 32.1. The van der Waals surface area contributed by atoms with Crippen LogP contribution in [-0.4, -0.2) is 34.6 Å². The Morgan fingerprint density at radius 2 is 2.00 bits per heavy atom. The third-order valence-corrected chi connectivity index (χ3v) is 5.95. The Labute approximate surface area is 157 Å². The van der Waals surface area contributed by atoms with Crippen molar-refractivity contribution in [3.05, 3.63) is 65.4 Å². The van der Waals surface area contributed by atoms with Crippen molar-refractivity contribution in [1.82, 2.24) is 14.9 Å². The Hall–Kier alpha value is -2.60. The van der Waals surface area contributed by atoms with Crippen LogP contribution in [0.3, 0.4) is 0 Å². The Morgan fingerprint density at radius 1 is 1.23 bits per heavy atom. The number of hydrogen-bond donors (Lipinski definition) is 1. The number of thiazole rings is 1. The van der Waals surface area contributed by atoms with E-state index in [4.69, 9.17) is 0 Å². The van der Waals surface area contributed by atoms with Crippen molar-refractivity contribution in [2.45, 2.75) is 25.8 Å². The molecular weight excluding hydrogens is 344 g/mol. The molecule has 1 aliphatic heterocycles. The molecule has 2 aromatic heterocycles. The van der Waals surface area contributed by atoms with Crippen molar-refractivity contribution in [3.8, 4) is 5.13 Å². The third-order valence-electron chi connectivity index (χ3n) is 4.78. The second-order valence-electron chi connectivity index (χ2n) is 6.54. The van der Waals surface area contributed by atoms with Gasteiger partial charge in [-0.3, -0.25) is 4.79 Å². The zero-order chi connectivity index (χ0) is 17.9. The van der Waals surface area contributed by atoms with Crippen LogP contribution < -0.4 is 10.2 Å².